The Hall–Kier alpha value is -3.46. The Morgan fingerprint density at radius 2 is 2.03 bits per heavy atom. The predicted octanol–water partition coefficient (Wildman–Crippen LogP) is 4.49. The van der Waals surface area contributed by atoms with Crippen molar-refractivity contribution in [2.75, 3.05) is 0 Å². The Labute approximate surface area is 189 Å². The third-order valence-corrected chi connectivity index (χ3v) is 6.30. The topological polar surface area (TPSA) is 107 Å². The minimum Gasteiger partial charge on any atom is -0.467 e. The van der Waals surface area contributed by atoms with Crippen molar-refractivity contribution >= 4 is 23.3 Å². The third-order valence-electron chi connectivity index (χ3n) is 5.22. The zero-order chi connectivity index (χ0) is 22.8. The smallest absolute Gasteiger partial charge is 0.192 e. The SMILES string of the molecule is CC(=O)c1c(C)[nH]c(C(=O)[C@@H](C)Sc2nnc(-c3cccnc3)n2Cc2ccco2)c1C. The quantitative estimate of drug-likeness (QED) is 0.312. The van der Waals surface area contributed by atoms with Gasteiger partial charge in [0, 0.05) is 29.2 Å². The summed E-state index contributed by atoms with van der Waals surface area (Å²) in [7, 11) is 0. The fraction of sp³-hybridized carbons (Fsp3) is 0.261. The molecule has 0 saturated carbocycles. The number of thioether (sulfide) groups is 1. The molecule has 0 aliphatic rings. The number of rotatable bonds is 8. The molecule has 0 saturated heterocycles. The van der Waals surface area contributed by atoms with Crippen LogP contribution < -0.4 is 0 Å². The maximum atomic E-state index is 13.2. The summed E-state index contributed by atoms with van der Waals surface area (Å²) in [5.74, 6) is 1.23. The Bertz CT molecular complexity index is 1260. The van der Waals surface area contributed by atoms with Gasteiger partial charge in [-0.3, -0.25) is 19.1 Å². The van der Waals surface area contributed by atoms with Gasteiger partial charge in [-0.05, 0) is 57.5 Å². The van der Waals surface area contributed by atoms with E-state index in [-0.39, 0.29) is 11.6 Å². The van der Waals surface area contributed by atoms with E-state index in [0.29, 0.717) is 40.0 Å². The number of H-pyrrole nitrogens is 1. The first-order valence-electron chi connectivity index (χ1n) is 10.1. The number of hydrogen-bond donors (Lipinski definition) is 1. The van der Waals surface area contributed by atoms with Gasteiger partial charge in [-0.25, -0.2) is 0 Å². The highest BCUT2D eigenvalue weighted by Gasteiger charge is 2.26. The number of carbonyl (C=O) groups is 2. The maximum Gasteiger partial charge on any atom is 0.192 e. The van der Waals surface area contributed by atoms with Crippen LogP contribution in [0.15, 0.2) is 52.5 Å². The number of aromatic nitrogens is 5. The van der Waals surface area contributed by atoms with Gasteiger partial charge in [0.05, 0.1) is 23.8 Å². The second-order valence-electron chi connectivity index (χ2n) is 7.52. The summed E-state index contributed by atoms with van der Waals surface area (Å²) >= 11 is 1.32. The first kappa shape index (κ1) is 21.8. The summed E-state index contributed by atoms with van der Waals surface area (Å²) < 4.78 is 7.44. The molecule has 8 nitrogen and oxygen atoms in total. The van der Waals surface area contributed by atoms with E-state index in [1.165, 1.54) is 18.7 Å². The summed E-state index contributed by atoms with van der Waals surface area (Å²) in [5.41, 5.74) is 3.23. The van der Waals surface area contributed by atoms with E-state index >= 15 is 0 Å². The number of aryl methyl sites for hydroxylation is 1. The van der Waals surface area contributed by atoms with Crippen LogP contribution in [-0.2, 0) is 6.54 Å². The average Bonchev–Trinajstić information content (AvgIpc) is 3.49. The Balaban J connectivity index is 1.65. The van der Waals surface area contributed by atoms with Crippen molar-refractivity contribution in [2.24, 2.45) is 0 Å². The van der Waals surface area contributed by atoms with Crippen LogP contribution in [-0.4, -0.2) is 41.5 Å². The van der Waals surface area contributed by atoms with E-state index < -0.39 is 5.25 Å². The molecule has 0 spiro atoms. The zero-order valence-electron chi connectivity index (χ0n) is 18.2. The Morgan fingerprint density at radius 1 is 1.22 bits per heavy atom. The lowest BCUT2D eigenvalue weighted by Gasteiger charge is -2.12. The lowest BCUT2D eigenvalue weighted by atomic mass is 10.0. The Morgan fingerprint density at radius 3 is 2.66 bits per heavy atom. The van der Waals surface area contributed by atoms with Gasteiger partial charge in [-0.2, -0.15) is 0 Å². The first-order valence-corrected chi connectivity index (χ1v) is 11.0. The van der Waals surface area contributed by atoms with E-state index in [1.807, 2.05) is 35.8 Å². The zero-order valence-corrected chi connectivity index (χ0v) is 19.1. The van der Waals surface area contributed by atoms with Crippen molar-refractivity contribution in [1.29, 1.82) is 0 Å². The van der Waals surface area contributed by atoms with E-state index in [9.17, 15) is 9.59 Å². The number of furan rings is 1. The van der Waals surface area contributed by atoms with Crippen LogP contribution in [0.25, 0.3) is 11.4 Å². The molecular weight excluding hydrogens is 426 g/mol. The van der Waals surface area contributed by atoms with Crippen LogP contribution in [0, 0.1) is 13.8 Å². The van der Waals surface area contributed by atoms with Crippen molar-refractivity contribution in [3.8, 4) is 11.4 Å². The standard InChI is InChI=1S/C23H23N5O3S/c1-13-19(15(3)29)14(2)25-20(13)21(30)16(4)32-23-27-26-22(17-7-5-9-24-11-17)28(23)12-18-8-6-10-31-18/h5-11,16,25H,12H2,1-4H3/t16-/m1/s1. The monoisotopic (exact) mass is 449 g/mol. The van der Waals surface area contributed by atoms with Crippen LogP contribution in [0.3, 0.4) is 0 Å². The molecule has 4 heterocycles. The van der Waals surface area contributed by atoms with E-state index in [1.54, 1.807) is 32.5 Å². The number of carbonyl (C=O) groups excluding carboxylic acids is 2. The second kappa shape index (κ2) is 8.96. The molecule has 9 heteroatoms. The molecule has 4 aromatic heterocycles. The molecule has 0 amide bonds. The molecule has 4 rings (SSSR count). The van der Waals surface area contributed by atoms with Gasteiger partial charge in [0.1, 0.15) is 5.76 Å². The molecule has 0 radical (unpaired) electrons. The highest BCUT2D eigenvalue weighted by atomic mass is 32.2. The number of Topliss-reactive ketones (excluding diaryl/α,β-unsaturated/α-hetero) is 2. The molecule has 1 atom stereocenters. The molecule has 164 valence electrons. The molecular formula is C23H23N5O3S. The summed E-state index contributed by atoms with van der Waals surface area (Å²) in [6.45, 7) is 7.35. The summed E-state index contributed by atoms with van der Waals surface area (Å²) in [4.78, 5) is 32.4. The highest BCUT2D eigenvalue weighted by molar-refractivity contribution is 8.00. The van der Waals surface area contributed by atoms with Gasteiger partial charge in [0.2, 0.25) is 0 Å². The molecule has 1 N–H and O–H groups in total. The number of ketones is 2. The van der Waals surface area contributed by atoms with Crippen molar-refractivity contribution in [3.05, 3.63) is 71.2 Å². The summed E-state index contributed by atoms with van der Waals surface area (Å²) in [5, 5.41) is 8.85. The van der Waals surface area contributed by atoms with Gasteiger partial charge in [-0.15, -0.1) is 10.2 Å². The van der Waals surface area contributed by atoms with Crippen LogP contribution >= 0.6 is 11.8 Å². The number of hydrogen-bond acceptors (Lipinski definition) is 7. The van der Waals surface area contributed by atoms with Crippen LogP contribution in [0.5, 0.6) is 0 Å². The summed E-state index contributed by atoms with van der Waals surface area (Å²) in [6.07, 6.45) is 5.04. The number of aromatic amines is 1. The fourth-order valence-electron chi connectivity index (χ4n) is 3.72. The number of nitrogens with zero attached hydrogens (tertiary/aromatic N) is 4. The molecule has 0 unspecified atom stereocenters. The molecule has 0 aromatic carbocycles. The number of pyridine rings is 1. The summed E-state index contributed by atoms with van der Waals surface area (Å²) in [6, 6.07) is 7.45. The largest absolute Gasteiger partial charge is 0.467 e. The maximum absolute atomic E-state index is 13.2. The molecule has 0 fully saturated rings. The predicted molar refractivity (Wildman–Crippen MR) is 121 cm³/mol. The second-order valence-corrected chi connectivity index (χ2v) is 8.83. The highest BCUT2D eigenvalue weighted by Crippen LogP contribution is 2.30. The van der Waals surface area contributed by atoms with Gasteiger partial charge in [0.15, 0.2) is 22.5 Å². The molecule has 4 aromatic rings. The minimum absolute atomic E-state index is 0.0603. The van der Waals surface area contributed by atoms with Crippen molar-refractivity contribution < 1.29 is 14.0 Å². The Kier molecular flexibility index (Phi) is 6.09. The number of nitrogens with one attached hydrogen (secondary N) is 1. The van der Waals surface area contributed by atoms with Crippen molar-refractivity contribution in [2.45, 2.75) is 44.6 Å². The normalized spacial score (nSPS) is 12.1. The van der Waals surface area contributed by atoms with E-state index in [0.717, 1.165) is 11.3 Å². The molecule has 0 aliphatic carbocycles. The van der Waals surface area contributed by atoms with Gasteiger partial charge >= 0.3 is 0 Å². The molecule has 0 bridgehead atoms. The van der Waals surface area contributed by atoms with E-state index in [2.05, 4.69) is 20.2 Å². The lowest BCUT2D eigenvalue weighted by molar-refractivity contribution is 0.0988. The first-order chi connectivity index (χ1) is 15.4. The third kappa shape index (κ3) is 4.16. The van der Waals surface area contributed by atoms with Gasteiger partial charge in [-0.1, -0.05) is 11.8 Å². The van der Waals surface area contributed by atoms with Crippen LogP contribution in [0.2, 0.25) is 0 Å². The van der Waals surface area contributed by atoms with Crippen molar-refractivity contribution in [1.82, 2.24) is 24.7 Å². The minimum atomic E-state index is -0.451. The lowest BCUT2D eigenvalue weighted by Crippen LogP contribution is -2.16. The van der Waals surface area contributed by atoms with Gasteiger partial charge < -0.3 is 9.40 Å². The molecule has 32 heavy (non-hydrogen) atoms. The fourth-order valence-corrected chi connectivity index (χ4v) is 4.63. The average molecular weight is 450 g/mol. The van der Waals surface area contributed by atoms with E-state index in [4.69, 9.17) is 4.42 Å². The van der Waals surface area contributed by atoms with Crippen LogP contribution in [0.1, 0.15) is 51.7 Å². The van der Waals surface area contributed by atoms with Crippen LogP contribution in [0.4, 0.5) is 0 Å². The van der Waals surface area contributed by atoms with Crippen molar-refractivity contribution in [3.63, 3.8) is 0 Å². The molecule has 0 aliphatic heterocycles. The van der Waals surface area contributed by atoms with Gasteiger partial charge in [0.25, 0.3) is 0 Å².